The number of carbonyl (C=O) groups is 1. The Hall–Kier alpha value is -3.10. The highest BCUT2D eigenvalue weighted by Gasteiger charge is 2.20. The third kappa shape index (κ3) is 4.41. The molecule has 2 aromatic heterocycles. The molecular weight excluding hydrogens is 368 g/mol. The Morgan fingerprint density at radius 1 is 1.25 bits per heavy atom. The molecule has 28 heavy (non-hydrogen) atoms. The molecular formula is C19H21F2N5O2. The second-order valence-corrected chi connectivity index (χ2v) is 6.40. The van der Waals surface area contributed by atoms with E-state index in [0.717, 1.165) is 11.4 Å². The topological polar surface area (TPSA) is 81.4 Å². The average Bonchev–Trinajstić information content (AvgIpc) is 3.02. The maximum Gasteiger partial charge on any atom is 0.387 e. The van der Waals surface area contributed by atoms with Crippen LogP contribution in [0.25, 0.3) is 5.78 Å². The van der Waals surface area contributed by atoms with Crippen LogP contribution < -0.4 is 10.1 Å². The Bertz CT molecular complexity index is 990. The molecule has 1 atom stereocenters. The summed E-state index contributed by atoms with van der Waals surface area (Å²) in [7, 11) is 0. The molecule has 0 aliphatic heterocycles. The van der Waals surface area contributed by atoms with Gasteiger partial charge in [0.05, 0.1) is 12.5 Å². The molecule has 9 heteroatoms. The van der Waals surface area contributed by atoms with Crippen LogP contribution in [0.3, 0.4) is 0 Å². The number of carbonyl (C=O) groups excluding carboxylic acids is 1. The third-order valence-electron chi connectivity index (χ3n) is 4.23. The van der Waals surface area contributed by atoms with Gasteiger partial charge in [-0.25, -0.2) is 9.50 Å². The summed E-state index contributed by atoms with van der Waals surface area (Å²) in [5.74, 6) is 0.503. The largest absolute Gasteiger partial charge is 0.434 e. The summed E-state index contributed by atoms with van der Waals surface area (Å²) in [6.07, 6.45) is 0.462. The number of amides is 1. The first-order valence-electron chi connectivity index (χ1n) is 8.90. The molecule has 0 saturated heterocycles. The van der Waals surface area contributed by atoms with E-state index in [1.54, 1.807) is 22.7 Å². The first kappa shape index (κ1) is 19.7. The summed E-state index contributed by atoms with van der Waals surface area (Å²) in [4.78, 5) is 21.1. The highest BCUT2D eigenvalue weighted by molar-refractivity contribution is 5.78. The second kappa shape index (κ2) is 8.28. The predicted octanol–water partition coefficient (Wildman–Crippen LogP) is 3.15. The number of rotatable bonds is 7. The number of fused-ring (bicyclic) bond motifs is 1. The lowest BCUT2D eigenvalue weighted by atomic mass is 10.0. The predicted molar refractivity (Wildman–Crippen MR) is 98.2 cm³/mol. The van der Waals surface area contributed by atoms with Crippen LogP contribution in [-0.4, -0.2) is 32.1 Å². The highest BCUT2D eigenvalue weighted by atomic mass is 19.3. The molecule has 7 nitrogen and oxygen atoms in total. The fourth-order valence-electron chi connectivity index (χ4n) is 3.04. The van der Waals surface area contributed by atoms with E-state index < -0.39 is 12.7 Å². The summed E-state index contributed by atoms with van der Waals surface area (Å²) in [5.41, 5.74) is 2.18. The Labute approximate surface area is 160 Å². The van der Waals surface area contributed by atoms with Crippen LogP contribution >= 0.6 is 0 Å². The van der Waals surface area contributed by atoms with Gasteiger partial charge < -0.3 is 10.1 Å². The van der Waals surface area contributed by atoms with Gasteiger partial charge in [0.1, 0.15) is 5.75 Å². The van der Waals surface area contributed by atoms with Crippen molar-refractivity contribution in [3.63, 3.8) is 0 Å². The molecule has 0 saturated carbocycles. The number of hydrogen-bond acceptors (Lipinski definition) is 5. The van der Waals surface area contributed by atoms with Crippen LogP contribution in [0.2, 0.25) is 0 Å². The first-order valence-corrected chi connectivity index (χ1v) is 8.90. The number of hydrogen-bond donors (Lipinski definition) is 1. The standard InChI is InChI=1S/C19H21F2N5O2/c1-4-14(13-7-5-6-8-15(13)28-18(20)21)23-17(27)10-16-24-19-22-11(2)9-12(3)26(19)25-16/h5-9,14,18H,4,10H2,1-3H3,(H,23,27)/t14-/m1/s1. The Kier molecular flexibility index (Phi) is 5.81. The van der Waals surface area contributed by atoms with Gasteiger partial charge in [0.25, 0.3) is 5.78 Å². The molecule has 0 radical (unpaired) electrons. The summed E-state index contributed by atoms with van der Waals surface area (Å²) in [5, 5.41) is 7.16. The lowest BCUT2D eigenvalue weighted by molar-refractivity contribution is -0.121. The van der Waals surface area contributed by atoms with Crippen molar-refractivity contribution in [2.24, 2.45) is 0 Å². The van der Waals surface area contributed by atoms with Crippen LogP contribution in [-0.2, 0) is 11.2 Å². The van der Waals surface area contributed by atoms with Gasteiger partial charge in [-0.3, -0.25) is 4.79 Å². The van der Waals surface area contributed by atoms with E-state index in [2.05, 4.69) is 25.1 Å². The van der Waals surface area contributed by atoms with Crippen LogP contribution in [0.5, 0.6) is 5.75 Å². The Balaban J connectivity index is 1.76. The summed E-state index contributed by atoms with van der Waals surface area (Å²) in [6.45, 7) is 2.66. The summed E-state index contributed by atoms with van der Waals surface area (Å²) < 4.78 is 31.4. The minimum atomic E-state index is -2.93. The normalized spacial score (nSPS) is 12.4. The third-order valence-corrected chi connectivity index (χ3v) is 4.23. The molecule has 148 valence electrons. The lowest BCUT2D eigenvalue weighted by Crippen LogP contribution is -2.30. The Morgan fingerprint density at radius 3 is 2.71 bits per heavy atom. The van der Waals surface area contributed by atoms with Gasteiger partial charge in [0.2, 0.25) is 5.91 Å². The smallest absolute Gasteiger partial charge is 0.387 e. The number of nitrogens with one attached hydrogen (secondary N) is 1. The molecule has 0 aliphatic carbocycles. The maximum absolute atomic E-state index is 12.6. The van der Waals surface area contributed by atoms with E-state index >= 15 is 0 Å². The zero-order valence-corrected chi connectivity index (χ0v) is 15.8. The number of benzene rings is 1. The minimum absolute atomic E-state index is 0.0454. The molecule has 0 unspecified atom stereocenters. The van der Waals surface area contributed by atoms with E-state index in [9.17, 15) is 13.6 Å². The van der Waals surface area contributed by atoms with Crippen molar-refractivity contribution in [1.29, 1.82) is 0 Å². The number of aryl methyl sites for hydroxylation is 2. The second-order valence-electron chi connectivity index (χ2n) is 6.40. The van der Waals surface area contributed by atoms with Crippen molar-refractivity contribution in [3.05, 3.63) is 53.1 Å². The molecule has 3 aromatic rings. The van der Waals surface area contributed by atoms with Gasteiger partial charge >= 0.3 is 6.61 Å². The fourth-order valence-corrected chi connectivity index (χ4v) is 3.04. The number of aromatic nitrogens is 4. The molecule has 0 aliphatic rings. The van der Waals surface area contributed by atoms with Crippen molar-refractivity contribution in [2.75, 3.05) is 0 Å². The SMILES string of the molecule is CC[C@@H](NC(=O)Cc1nc2nc(C)cc(C)n2n1)c1ccccc1OC(F)F. The summed E-state index contributed by atoms with van der Waals surface area (Å²) in [6, 6.07) is 7.83. The van der Waals surface area contributed by atoms with E-state index in [0.29, 0.717) is 23.6 Å². The quantitative estimate of drug-likeness (QED) is 0.671. The zero-order valence-electron chi connectivity index (χ0n) is 15.8. The van der Waals surface area contributed by atoms with E-state index in [4.69, 9.17) is 0 Å². The van der Waals surface area contributed by atoms with Gasteiger partial charge in [-0.15, -0.1) is 5.10 Å². The molecule has 0 spiro atoms. The molecule has 1 N–H and O–H groups in total. The van der Waals surface area contributed by atoms with E-state index in [1.807, 2.05) is 26.8 Å². The zero-order chi connectivity index (χ0) is 20.3. The highest BCUT2D eigenvalue weighted by Crippen LogP contribution is 2.28. The van der Waals surface area contributed by atoms with Crippen molar-refractivity contribution in [2.45, 2.75) is 46.3 Å². The van der Waals surface area contributed by atoms with Crippen LogP contribution in [0, 0.1) is 13.8 Å². The monoisotopic (exact) mass is 389 g/mol. The van der Waals surface area contributed by atoms with Crippen molar-refractivity contribution in [3.8, 4) is 5.75 Å². The van der Waals surface area contributed by atoms with Crippen molar-refractivity contribution in [1.82, 2.24) is 24.9 Å². The number of ether oxygens (including phenoxy) is 1. The van der Waals surface area contributed by atoms with Crippen molar-refractivity contribution < 1.29 is 18.3 Å². The van der Waals surface area contributed by atoms with Crippen LogP contribution in [0.4, 0.5) is 8.78 Å². The summed E-state index contributed by atoms with van der Waals surface area (Å²) >= 11 is 0. The minimum Gasteiger partial charge on any atom is -0.434 e. The van der Waals surface area contributed by atoms with Crippen LogP contribution in [0.1, 0.15) is 42.2 Å². The van der Waals surface area contributed by atoms with E-state index in [-0.39, 0.29) is 18.1 Å². The number of halogens is 2. The first-order chi connectivity index (χ1) is 13.4. The molecule has 1 aromatic carbocycles. The molecule has 2 heterocycles. The lowest BCUT2D eigenvalue weighted by Gasteiger charge is -2.20. The molecule has 1 amide bonds. The number of alkyl halides is 2. The van der Waals surface area contributed by atoms with Gasteiger partial charge in [-0.2, -0.15) is 13.8 Å². The molecule has 3 rings (SSSR count). The maximum atomic E-state index is 12.6. The molecule has 0 bridgehead atoms. The number of para-hydroxylation sites is 1. The number of nitrogens with zero attached hydrogens (tertiary/aromatic N) is 4. The van der Waals surface area contributed by atoms with Gasteiger partial charge in [0, 0.05) is 17.0 Å². The Morgan fingerprint density at radius 2 is 2.00 bits per heavy atom. The van der Waals surface area contributed by atoms with Crippen LogP contribution in [0.15, 0.2) is 30.3 Å². The van der Waals surface area contributed by atoms with E-state index in [1.165, 1.54) is 6.07 Å². The van der Waals surface area contributed by atoms with Crippen molar-refractivity contribution >= 4 is 11.7 Å². The average molecular weight is 389 g/mol. The van der Waals surface area contributed by atoms with Gasteiger partial charge in [-0.1, -0.05) is 25.1 Å². The van der Waals surface area contributed by atoms with Gasteiger partial charge in [-0.05, 0) is 32.4 Å². The molecule has 0 fully saturated rings. The fraction of sp³-hybridized carbons (Fsp3) is 0.368. The van der Waals surface area contributed by atoms with Gasteiger partial charge in [0.15, 0.2) is 5.82 Å².